The largest absolute Gasteiger partial charge is 0.336 e. The Morgan fingerprint density at radius 1 is 1.03 bits per heavy atom. The molecular formula is C19H22N4O5S2. The van der Waals surface area contributed by atoms with E-state index in [0.717, 1.165) is 0 Å². The predicted octanol–water partition coefficient (Wildman–Crippen LogP) is 0.158. The van der Waals surface area contributed by atoms with Crippen LogP contribution in [0, 0.1) is 0 Å². The molecule has 0 N–H and O–H groups in total. The van der Waals surface area contributed by atoms with Gasteiger partial charge in [0.15, 0.2) is 5.84 Å². The number of hydrogen-bond acceptors (Lipinski definition) is 6. The number of amidine groups is 1. The number of carbonyl (C=O) groups is 1. The van der Waals surface area contributed by atoms with Crippen molar-refractivity contribution in [1.29, 1.82) is 0 Å². The van der Waals surface area contributed by atoms with Crippen molar-refractivity contribution >= 4 is 31.8 Å². The topological polar surface area (TPSA) is 107 Å². The molecule has 1 amide bonds. The zero-order valence-corrected chi connectivity index (χ0v) is 17.8. The van der Waals surface area contributed by atoms with Crippen LogP contribution in [0.15, 0.2) is 58.7 Å². The van der Waals surface area contributed by atoms with Crippen LogP contribution in [0.2, 0.25) is 0 Å². The normalized spacial score (nSPS) is 21.6. The van der Waals surface area contributed by atoms with Crippen LogP contribution in [0.4, 0.5) is 0 Å². The summed E-state index contributed by atoms with van der Waals surface area (Å²) >= 11 is 0. The Kier molecular flexibility index (Phi) is 5.51. The molecule has 30 heavy (non-hydrogen) atoms. The standard InChI is InChI=1S/C19H22N4O5S2/c24-19(17-7-4-8-21-13-14-29(25,26)20-18(17)21)22-9-11-23(12-10-22)30(27,28)15-16-5-2-1-3-6-16/h1-8H,9-15H2. The Bertz CT molecular complexity index is 1130. The molecule has 160 valence electrons. The van der Waals surface area contributed by atoms with E-state index in [-0.39, 0.29) is 61.5 Å². The number of piperazine rings is 1. The molecule has 0 aliphatic carbocycles. The minimum absolute atomic E-state index is 0.0820. The first kappa shape index (κ1) is 20.8. The van der Waals surface area contributed by atoms with Crippen LogP contribution < -0.4 is 0 Å². The molecular weight excluding hydrogens is 428 g/mol. The zero-order valence-electron chi connectivity index (χ0n) is 16.2. The molecule has 1 aromatic rings. The maximum absolute atomic E-state index is 13.0. The van der Waals surface area contributed by atoms with Crippen LogP contribution in [0.1, 0.15) is 5.56 Å². The molecule has 3 aliphatic heterocycles. The van der Waals surface area contributed by atoms with Gasteiger partial charge in [0, 0.05) is 38.9 Å². The number of nitrogens with zero attached hydrogens (tertiary/aromatic N) is 4. The van der Waals surface area contributed by atoms with Gasteiger partial charge in [-0.15, -0.1) is 4.40 Å². The van der Waals surface area contributed by atoms with E-state index in [0.29, 0.717) is 5.56 Å². The third-order valence-corrected chi connectivity index (χ3v) is 8.20. The van der Waals surface area contributed by atoms with Gasteiger partial charge in [-0.05, 0) is 17.7 Å². The molecule has 3 aliphatic rings. The van der Waals surface area contributed by atoms with Crippen LogP contribution >= 0.6 is 0 Å². The fraction of sp³-hybridized carbons (Fsp3) is 0.368. The molecule has 9 nitrogen and oxygen atoms in total. The van der Waals surface area contributed by atoms with Crippen molar-refractivity contribution in [3.63, 3.8) is 0 Å². The fourth-order valence-electron chi connectivity index (χ4n) is 3.60. The second kappa shape index (κ2) is 7.97. The van der Waals surface area contributed by atoms with E-state index in [9.17, 15) is 21.6 Å². The molecule has 0 spiro atoms. The van der Waals surface area contributed by atoms with E-state index < -0.39 is 20.0 Å². The van der Waals surface area contributed by atoms with Crippen molar-refractivity contribution in [3.05, 3.63) is 59.8 Å². The number of carbonyl (C=O) groups excluding carboxylic acids is 1. The van der Waals surface area contributed by atoms with Gasteiger partial charge in [-0.2, -0.15) is 4.31 Å². The van der Waals surface area contributed by atoms with Gasteiger partial charge in [0.1, 0.15) is 0 Å². The van der Waals surface area contributed by atoms with E-state index in [1.54, 1.807) is 52.4 Å². The van der Waals surface area contributed by atoms with Gasteiger partial charge < -0.3 is 9.80 Å². The van der Waals surface area contributed by atoms with Crippen molar-refractivity contribution in [2.75, 3.05) is 38.5 Å². The van der Waals surface area contributed by atoms with Gasteiger partial charge in [-0.3, -0.25) is 4.79 Å². The number of hydrogen-bond donors (Lipinski definition) is 0. The summed E-state index contributed by atoms with van der Waals surface area (Å²) in [5, 5.41) is 0. The minimum Gasteiger partial charge on any atom is -0.336 e. The molecule has 0 bridgehead atoms. The lowest BCUT2D eigenvalue weighted by Gasteiger charge is -2.36. The van der Waals surface area contributed by atoms with Crippen LogP contribution in [0.3, 0.4) is 0 Å². The summed E-state index contributed by atoms with van der Waals surface area (Å²) in [5.41, 5.74) is 0.924. The predicted molar refractivity (Wildman–Crippen MR) is 112 cm³/mol. The number of allylic oxidation sites excluding steroid dienone is 2. The van der Waals surface area contributed by atoms with Crippen LogP contribution in [0.5, 0.6) is 0 Å². The van der Waals surface area contributed by atoms with Crippen molar-refractivity contribution in [1.82, 2.24) is 14.1 Å². The Morgan fingerprint density at radius 2 is 1.73 bits per heavy atom. The van der Waals surface area contributed by atoms with Crippen molar-refractivity contribution in [3.8, 4) is 0 Å². The van der Waals surface area contributed by atoms with Crippen LogP contribution in [-0.4, -0.2) is 81.2 Å². The van der Waals surface area contributed by atoms with Gasteiger partial charge in [0.25, 0.3) is 15.9 Å². The molecule has 0 aromatic heterocycles. The summed E-state index contributed by atoms with van der Waals surface area (Å²) in [6.07, 6.45) is 4.93. The van der Waals surface area contributed by atoms with Crippen LogP contribution in [0.25, 0.3) is 0 Å². The van der Waals surface area contributed by atoms with E-state index in [2.05, 4.69) is 4.40 Å². The van der Waals surface area contributed by atoms with Gasteiger partial charge >= 0.3 is 0 Å². The van der Waals surface area contributed by atoms with Crippen molar-refractivity contribution < 1.29 is 21.6 Å². The lowest BCUT2D eigenvalue weighted by Crippen LogP contribution is -2.52. The van der Waals surface area contributed by atoms with E-state index >= 15 is 0 Å². The maximum atomic E-state index is 13.0. The Labute approximate surface area is 176 Å². The number of fused-ring (bicyclic) bond motifs is 1. The average molecular weight is 451 g/mol. The maximum Gasteiger partial charge on any atom is 0.257 e. The van der Waals surface area contributed by atoms with Gasteiger partial charge in [0.2, 0.25) is 10.0 Å². The molecule has 4 rings (SSSR count). The highest BCUT2D eigenvalue weighted by Gasteiger charge is 2.34. The first-order valence-electron chi connectivity index (χ1n) is 9.54. The summed E-state index contributed by atoms with van der Waals surface area (Å²) in [6.45, 7) is 1.09. The van der Waals surface area contributed by atoms with E-state index in [4.69, 9.17) is 0 Å². The van der Waals surface area contributed by atoms with E-state index in [1.165, 1.54) is 4.31 Å². The summed E-state index contributed by atoms with van der Waals surface area (Å²) in [6, 6.07) is 8.96. The highest BCUT2D eigenvalue weighted by Crippen LogP contribution is 2.21. The quantitative estimate of drug-likeness (QED) is 0.647. The molecule has 11 heteroatoms. The van der Waals surface area contributed by atoms with Gasteiger partial charge in [-0.25, -0.2) is 16.8 Å². The summed E-state index contributed by atoms with van der Waals surface area (Å²) in [5.74, 6) is -0.394. The molecule has 0 atom stereocenters. The molecule has 0 radical (unpaired) electrons. The third kappa shape index (κ3) is 4.32. The summed E-state index contributed by atoms with van der Waals surface area (Å²) in [7, 11) is -7.08. The lowest BCUT2D eigenvalue weighted by atomic mass is 10.1. The van der Waals surface area contributed by atoms with Crippen molar-refractivity contribution in [2.24, 2.45) is 4.40 Å². The number of benzene rings is 1. The van der Waals surface area contributed by atoms with Gasteiger partial charge in [-0.1, -0.05) is 30.3 Å². The lowest BCUT2D eigenvalue weighted by molar-refractivity contribution is -0.127. The molecule has 1 saturated heterocycles. The highest BCUT2D eigenvalue weighted by atomic mass is 32.2. The zero-order chi connectivity index (χ0) is 21.4. The van der Waals surface area contributed by atoms with Crippen molar-refractivity contribution in [2.45, 2.75) is 5.75 Å². The first-order valence-corrected chi connectivity index (χ1v) is 12.8. The molecule has 0 unspecified atom stereocenters. The minimum atomic E-state index is -3.59. The number of sulfonamides is 2. The SMILES string of the molecule is O=C(C1=CC=CN2CCS(=O)(=O)N=C12)N1CCN(S(=O)(=O)Cc2ccccc2)CC1. The first-order chi connectivity index (χ1) is 14.3. The second-order valence-electron chi connectivity index (χ2n) is 7.25. The molecule has 0 saturated carbocycles. The Morgan fingerprint density at radius 3 is 2.43 bits per heavy atom. The summed E-state index contributed by atoms with van der Waals surface area (Å²) in [4.78, 5) is 16.2. The summed E-state index contributed by atoms with van der Waals surface area (Å²) < 4.78 is 54.4. The number of rotatable bonds is 4. The molecule has 1 fully saturated rings. The monoisotopic (exact) mass is 450 g/mol. The van der Waals surface area contributed by atoms with E-state index in [1.807, 2.05) is 6.07 Å². The van der Waals surface area contributed by atoms with Crippen LogP contribution in [-0.2, 0) is 30.6 Å². The third-order valence-electron chi connectivity index (χ3n) is 5.20. The Hall–Kier alpha value is -2.50. The second-order valence-corrected chi connectivity index (χ2v) is 11.0. The fourth-order valence-corrected chi connectivity index (χ4v) is 6.10. The Balaban J connectivity index is 1.44. The smallest absolute Gasteiger partial charge is 0.257 e. The molecule has 1 aromatic carbocycles. The highest BCUT2D eigenvalue weighted by molar-refractivity contribution is 7.90. The average Bonchev–Trinajstić information content (AvgIpc) is 2.73. The number of amides is 1. The molecule has 3 heterocycles. The van der Waals surface area contributed by atoms with Gasteiger partial charge in [0.05, 0.1) is 17.1 Å².